The summed E-state index contributed by atoms with van der Waals surface area (Å²) in [6.45, 7) is 2.47. The van der Waals surface area contributed by atoms with E-state index in [4.69, 9.17) is 4.74 Å². The maximum Gasteiger partial charge on any atom is 0.223 e. The molecule has 0 saturated carbocycles. The number of pyridine rings is 1. The zero-order valence-corrected chi connectivity index (χ0v) is 10.4. The molecule has 94 valence electrons. The Labute approximate surface area is 106 Å². The standard InChI is InChI=1S/C14H15FN2O/c1-10-8-12(15)5-6-13(10)18-14-11(9-16-2)4-3-7-17-14/h3-8,16H,9H2,1-2H3. The van der Waals surface area contributed by atoms with Crippen LogP contribution in [-0.2, 0) is 6.54 Å². The van der Waals surface area contributed by atoms with Crippen molar-refractivity contribution < 1.29 is 9.13 Å². The molecule has 0 aliphatic carbocycles. The molecule has 0 fully saturated rings. The quantitative estimate of drug-likeness (QED) is 0.900. The van der Waals surface area contributed by atoms with E-state index < -0.39 is 0 Å². The summed E-state index contributed by atoms with van der Waals surface area (Å²) in [7, 11) is 1.86. The Morgan fingerprint density at radius 3 is 2.89 bits per heavy atom. The van der Waals surface area contributed by atoms with Crippen molar-refractivity contribution >= 4 is 0 Å². The molecule has 0 spiro atoms. The van der Waals surface area contributed by atoms with Crippen LogP contribution in [0.25, 0.3) is 0 Å². The summed E-state index contributed by atoms with van der Waals surface area (Å²) in [5, 5.41) is 3.05. The lowest BCUT2D eigenvalue weighted by molar-refractivity contribution is 0.449. The lowest BCUT2D eigenvalue weighted by Gasteiger charge is -2.11. The van der Waals surface area contributed by atoms with E-state index in [-0.39, 0.29) is 5.82 Å². The van der Waals surface area contributed by atoms with Gasteiger partial charge in [-0.2, -0.15) is 0 Å². The van der Waals surface area contributed by atoms with E-state index in [1.807, 2.05) is 19.2 Å². The Balaban J connectivity index is 2.28. The highest BCUT2D eigenvalue weighted by Gasteiger charge is 2.07. The van der Waals surface area contributed by atoms with Crippen LogP contribution in [0.5, 0.6) is 11.6 Å². The van der Waals surface area contributed by atoms with Gasteiger partial charge in [0.15, 0.2) is 0 Å². The molecule has 0 radical (unpaired) electrons. The second-order valence-corrected chi connectivity index (χ2v) is 4.01. The van der Waals surface area contributed by atoms with Gasteiger partial charge in [-0.05, 0) is 43.8 Å². The lowest BCUT2D eigenvalue weighted by Crippen LogP contribution is -2.07. The van der Waals surface area contributed by atoms with E-state index in [2.05, 4.69) is 10.3 Å². The minimum Gasteiger partial charge on any atom is -0.438 e. The number of benzene rings is 1. The van der Waals surface area contributed by atoms with Crippen LogP contribution < -0.4 is 10.1 Å². The first-order valence-corrected chi connectivity index (χ1v) is 5.73. The van der Waals surface area contributed by atoms with Crippen LogP contribution in [0, 0.1) is 12.7 Å². The number of hydrogen-bond donors (Lipinski definition) is 1. The van der Waals surface area contributed by atoms with Crippen molar-refractivity contribution in [2.24, 2.45) is 0 Å². The molecule has 1 aromatic heterocycles. The fourth-order valence-corrected chi connectivity index (χ4v) is 1.67. The van der Waals surface area contributed by atoms with E-state index in [0.717, 1.165) is 11.1 Å². The molecule has 2 aromatic rings. The van der Waals surface area contributed by atoms with Gasteiger partial charge in [0, 0.05) is 18.3 Å². The molecule has 1 aromatic carbocycles. The number of halogens is 1. The normalized spacial score (nSPS) is 10.4. The van der Waals surface area contributed by atoms with E-state index in [9.17, 15) is 4.39 Å². The molecular formula is C14H15FN2O. The number of nitrogens with one attached hydrogen (secondary N) is 1. The van der Waals surface area contributed by atoms with Crippen molar-refractivity contribution in [3.8, 4) is 11.6 Å². The number of nitrogens with zero attached hydrogens (tertiary/aromatic N) is 1. The minimum atomic E-state index is -0.267. The minimum absolute atomic E-state index is 0.267. The van der Waals surface area contributed by atoms with Crippen LogP contribution >= 0.6 is 0 Å². The number of hydrogen-bond acceptors (Lipinski definition) is 3. The zero-order chi connectivity index (χ0) is 13.0. The van der Waals surface area contributed by atoms with E-state index >= 15 is 0 Å². The maximum atomic E-state index is 13.0. The smallest absolute Gasteiger partial charge is 0.223 e. The van der Waals surface area contributed by atoms with Crippen molar-refractivity contribution in [3.05, 3.63) is 53.5 Å². The number of aryl methyl sites for hydroxylation is 1. The highest BCUT2D eigenvalue weighted by molar-refractivity contribution is 5.37. The Kier molecular flexibility index (Phi) is 3.89. The average molecular weight is 246 g/mol. The fourth-order valence-electron chi connectivity index (χ4n) is 1.67. The van der Waals surface area contributed by atoms with Gasteiger partial charge in [-0.3, -0.25) is 0 Å². The second-order valence-electron chi connectivity index (χ2n) is 4.01. The third-order valence-corrected chi connectivity index (χ3v) is 2.56. The monoisotopic (exact) mass is 246 g/mol. The third-order valence-electron chi connectivity index (χ3n) is 2.56. The predicted molar refractivity (Wildman–Crippen MR) is 68.2 cm³/mol. The molecule has 0 bridgehead atoms. The summed E-state index contributed by atoms with van der Waals surface area (Å²) in [6, 6.07) is 8.23. The van der Waals surface area contributed by atoms with Crippen molar-refractivity contribution in [2.75, 3.05) is 7.05 Å². The summed E-state index contributed by atoms with van der Waals surface area (Å²) in [5.74, 6) is 0.894. The van der Waals surface area contributed by atoms with Crippen LogP contribution in [0.3, 0.4) is 0 Å². The Bertz CT molecular complexity index is 543. The number of aromatic nitrogens is 1. The van der Waals surface area contributed by atoms with Crippen LogP contribution in [0.2, 0.25) is 0 Å². The summed E-state index contributed by atoms with van der Waals surface area (Å²) >= 11 is 0. The van der Waals surface area contributed by atoms with Crippen molar-refractivity contribution in [2.45, 2.75) is 13.5 Å². The van der Waals surface area contributed by atoms with Gasteiger partial charge in [-0.1, -0.05) is 6.07 Å². The van der Waals surface area contributed by atoms with Crippen molar-refractivity contribution in [1.82, 2.24) is 10.3 Å². The van der Waals surface area contributed by atoms with Gasteiger partial charge >= 0.3 is 0 Å². The van der Waals surface area contributed by atoms with Crippen LogP contribution in [0.4, 0.5) is 4.39 Å². The number of rotatable bonds is 4. The van der Waals surface area contributed by atoms with Crippen molar-refractivity contribution in [3.63, 3.8) is 0 Å². The molecular weight excluding hydrogens is 231 g/mol. The molecule has 1 N–H and O–H groups in total. The van der Waals surface area contributed by atoms with Gasteiger partial charge in [0.05, 0.1) is 0 Å². The van der Waals surface area contributed by atoms with Crippen molar-refractivity contribution in [1.29, 1.82) is 0 Å². The van der Waals surface area contributed by atoms with E-state index in [0.29, 0.717) is 18.2 Å². The Morgan fingerprint density at radius 2 is 2.17 bits per heavy atom. The van der Waals surface area contributed by atoms with Gasteiger partial charge < -0.3 is 10.1 Å². The molecule has 0 atom stereocenters. The molecule has 0 unspecified atom stereocenters. The summed E-state index contributed by atoms with van der Waals surface area (Å²) in [6.07, 6.45) is 1.67. The summed E-state index contributed by atoms with van der Waals surface area (Å²) in [4.78, 5) is 4.20. The molecule has 0 aliphatic rings. The molecule has 0 saturated heterocycles. The Morgan fingerprint density at radius 1 is 1.33 bits per heavy atom. The van der Waals surface area contributed by atoms with Gasteiger partial charge in [0.25, 0.3) is 0 Å². The molecule has 18 heavy (non-hydrogen) atoms. The van der Waals surface area contributed by atoms with E-state index in [1.54, 1.807) is 19.2 Å². The van der Waals surface area contributed by atoms with Crippen LogP contribution in [0.1, 0.15) is 11.1 Å². The number of ether oxygens (including phenoxy) is 1. The van der Waals surface area contributed by atoms with Gasteiger partial charge in [-0.25, -0.2) is 9.37 Å². The topological polar surface area (TPSA) is 34.2 Å². The average Bonchev–Trinajstić information content (AvgIpc) is 2.35. The highest BCUT2D eigenvalue weighted by Crippen LogP contribution is 2.26. The summed E-state index contributed by atoms with van der Waals surface area (Å²) in [5.41, 5.74) is 1.71. The molecule has 4 heteroatoms. The van der Waals surface area contributed by atoms with Gasteiger partial charge in [-0.15, -0.1) is 0 Å². The highest BCUT2D eigenvalue weighted by atomic mass is 19.1. The largest absolute Gasteiger partial charge is 0.438 e. The second kappa shape index (κ2) is 5.60. The van der Waals surface area contributed by atoms with Crippen LogP contribution in [0.15, 0.2) is 36.5 Å². The first kappa shape index (κ1) is 12.5. The van der Waals surface area contributed by atoms with Gasteiger partial charge in [0.1, 0.15) is 11.6 Å². The Hall–Kier alpha value is -1.94. The maximum absolute atomic E-state index is 13.0. The fraction of sp³-hybridized carbons (Fsp3) is 0.214. The first-order chi connectivity index (χ1) is 8.70. The van der Waals surface area contributed by atoms with Gasteiger partial charge in [0.2, 0.25) is 5.88 Å². The molecule has 3 nitrogen and oxygen atoms in total. The summed E-state index contributed by atoms with van der Waals surface area (Å²) < 4.78 is 18.7. The molecule has 1 heterocycles. The zero-order valence-electron chi connectivity index (χ0n) is 10.4. The molecule has 0 aliphatic heterocycles. The third kappa shape index (κ3) is 2.84. The molecule has 2 rings (SSSR count). The SMILES string of the molecule is CNCc1cccnc1Oc1ccc(F)cc1C. The van der Waals surface area contributed by atoms with E-state index in [1.165, 1.54) is 12.1 Å². The predicted octanol–water partition coefficient (Wildman–Crippen LogP) is 3.04. The van der Waals surface area contributed by atoms with Crippen LogP contribution in [-0.4, -0.2) is 12.0 Å². The first-order valence-electron chi connectivity index (χ1n) is 5.73. The lowest BCUT2D eigenvalue weighted by atomic mass is 10.2. The molecule has 0 amide bonds.